The van der Waals surface area contributed by atoms with Crippen LogP contribution < -0.4 is 27.0 Å². The lowest BCUT2D eigenvalue weighted by atomic mass is 10.0. The highest BCUT2D eigenvalue weighted by molar-refractivity contribution is 9.11. The van der Waals surface area contributed by atoms with Gasteiger partial charge in [0, 0.05) is 81.6 Å². The summed E-state index contributed by atoms with van der Waals surface area (Å²) < 4.78 is 42.2. The van der Waals surface area contributed by atoms with Crippen molar-refractivity contribution in [3.63, 3.8) is 0 Å². The molecular formula is C40H46Br2F3N9O5. The molecule has 0 radical (unpaired) electrons. The van der Waals surface area contributed by atoms with Gasteiger partial charge in [-0.2, -0.15) is 13.2 Å². The number of anilines is 1. The molecule has 0 saturated carbocycles. The van der Waals surface area contributed by atoms with Crippen molar-refractivity contribution >= 4 is 55.4 Å². The van der Waals surface area contributed by atoms with Crippen molar-refractivity contribution in [1.82, 2.24) is 35.0 Å². The fourth-order valence-electron chi connectivity index (χ4n) is 7.44. The lowest BCUT2D eigenvalue weighted by Crippen LogP contribution is -2.59. The number of piperazine rings is 1. The number of nitrogens with zero attached hydrogens (tertiary/aromatic N) is 5. The number of aromatic amines is 1. The first kappa shape index (κ1) is 43.7. The highest BCUT2D eigenvalue weighted by Gasteiger charge is 2.34. The molecular weight excluding hydrogens is 903 g/mol. The first-order valence-corrected chi connectivity index (χ1v) is 21.0. The summed E-state index contributed by atoms with van der Waals surface area (Å²) in [5.41, 5.74) is 6.55. The van der Waals surface area contributed by atoms with E-state index in [0.717, 1.165) is 17.8 Å². The predicted molar refractivity (Wildman–Crippen MR) is 223 cm³/mol. The van der Waals surface area contributed by atoms with Gasteiger partial charge in [0.1, 0.15) is 17.8 Å². The summed E-state index contributed by atoms with van der Waals surface area (Å²) in [6.45, 7) is 3.00. The lowest BCUT2D eigenvalue weighted by molar-refractivity contribution is -0.137. The number of benzene rings is 2. The van der Waals surface area contributed by atoms with E-state index in [1.165, 1.54) is 27.8 Å². The number of carbonyl (C=O) groups excluding carboxylic acids is 3. The number of amides is 4. The number of aromatic hydroxyl groups is 1. The number of likely N-dealkylation sites (tertiary alicyclic amines) is 1. The Morgan fingerprint density at radius 1 is 0.915 bits per heavy atom. The molecule has 2 aliphatic rings. The number of H-pyrrole nitrogens is 1. The number of urea groups is 1. The number of carbonyl (C=O) groups is 3. The van der Waals surface area contributed by atoms with Gasteiger partial charge in [0.2, 0.25) is 11.8 Å². The molecule has 2 aliphatic heterocycles. The molecule has 2 aromatic carbocycles. The first-order valence-electron chi connectivity index (χ1n) is 19.4. The van der Waals surface area contributed by atoms with E-state index >= 15 is 0 Å². The largest absolute Gasteiger partial charge is 0.506 e. The number of nitrogens with one attached hydrogen (secondary N) is 3. The summed E-state index contributed by atoms with van der Waals surface area (Å²) in [5.74, 6) is -0.806. The van der Waals surface area contributed by atoms with Crippen LogP contribution in [0.25, 0.3) is 11.3 Å². The molecule has 59 heavy (non-hydrogen) atoms. The maximum atomic E-state index is 14.2. The maximum absolute atomic E-state index is 14.2. The van der Waals surface area contributed by atoms with E-state index in [4.69, 9.17) is 5.73 Å². The fourth-order valence-corrected chi connectivity index (χ4v) is 8.72. The van der Waals surface area contributed by atoms with Gasteiger partial charge in [-0.3, -0.25) is 19.1 Å². The van der Waals surface area contributed by atoms with Crippen molar-refractivity contribution in [2.75, 3.05) is 50.7 Å². The molecule has 0 spiro atoms. The van der Waals surface area contributed by atoms with Crippen LogP contribution in [0.3, 0.4) is 0 Å². The summed E-state index contributed by atoms with van der Waals surface area (Å²) in [4.78, 5) is 67.2. The second-order valence-electron chi connectivity index (χ2n) is 14.7. The smallest absolute Gasteiger partial charge is 0.416 e. The quantitative estimate of drug-likeness (QED) is 0.110. The molecule has 6 rings (SSSR count). The number of piperidine rings is 1. The number of aromatic nitrogens is 3. The van der Waals surface area contributed by atoms with Crippen molar-refractivity contribution in [3.05, 3.63) is 97.7 Å². The standard InChI is InChI=1S/C40H46Br2F3N9O5/c41-30-20-25(21-31(42)35(30)55)22-33(36(56)48-32(6-1-2-11-46)37(57)52-18-16-51(17-19-52)28-7-12-47-13-8-28)49-38(58)53-14-9-29(10-15-53)54-24-34(50-39(54)59)26-4-3-5-27(23-26)40(43,44)45/h3-5,7-8,12-13,20-21,23-24,29,32-33,55H,1-2,6,9-11,14-19,22,46H2,(H,48,56)(H,49,58)(H,50,59)/t32-,33-/m0/s1. The maximum Gasteiger partial charge on any atom is 0.416 e. The van der Waals surface area contributed by atoms with E-state index in [2.05, 4.69) is 57.4 Å². The number of imidazole rings is 1. The van der Waals surface area contributed by atoms with Crippen molar-refractivity contribution < 1.29 is 32.7 Å². The average molecular weight is 950 g/mol. The Morgan fingerprint density at radius 3 is 2.24 bits per heavy atom. The van der Waals surface area contributed by atoms with Gasteiger partial charge in [0.15, 0.2) is 0 Å². The Balaban J connectivity index is 1.14. The van der Waals surface area contributed by atoms with Crippen LogP contribution in [0.4, 0.5) is 23.7 Å². The zero-order chi connectivity index (χ0) is 42.3. The molecule has 0 bridgehead atoms. The number of phenols is 1. The molecule has 4 amide bonds. The van der Waals surface area contributed by atoms with Crippen LogP contribution in [0.15, 0.2) is 80.9 Å². The van der Waals surface area contributed by atoms with Gasteiger partial charge in [-0.1, -0.05) is 12.1 Å². The normalized spacial score (nSPS) is 16.1. The van der Waals surface area contributed by atoms with Crippen LogP contribution in [0, 0.1) is 0 Å². The predicted octanol–water partition coefficient (Wildman–Crippen LogP) is 5.41. The highest BCUT2D eigenvalue weighted by Crippen LogP contribution is 2.34. The van der Waals surface area contributed by atoms with Crippen LogP contribution in [0.1, 0.15) is 49.3 Å². The van der Waals surface area contributed by atoms with Gasteiger partial charge in [0.05, 0.1) is 20.2 Å². The monoisotopic (exact) mass is 947 g/mol. The van der Waals surface area contributed by atoms with Crippen LogP contribution in [0.2, 0.25) is 0 Å². The number of nitrogens with two attached hydrogens (primary N) is 1. The molecule has 0 unspecified atom stereocenters. The van der Waals surface area contributed by atoms with Gasteiger partial charge in [0.25, 0.3) is 0 Å². The van der Waals surface area contributed by atoms with Gasteiger partial charge >= 0.3 is 17.9 Å². The van der Waals surface area contributed by atoms with Crippen LogP contribution in [0.5, 0.6) is 5.75 Å². The fraction of sp³-hybridized carbons (Fsp3) is 0.425. The SMILES string of the molecule is NCCCC[C@H](NC(=O)[C@H](Cc1cc(Br)c(O)c(Br)c1)NC(=O)N1CCC(n2cc(-c3cccc(C(F)(F)F)c3)[nH]c2=O)CC1)C(=O)N1CCN(c2ccncc2)CC1. The van der Waals surface area contributed by atoms with Gasteiger partial charge in [-0.25, -0.2) is 9.59 Å². The zero-order valence-corrected chi connectivity index (χ0v) is 35.2. The Bertz CT molecular complexity index is 2130. The summed E-state index contributed by atoms with van der Waals surface area (Å²) in [5, 5.41) is 16.1. The Kier molecular flexibility index (Phi) is 14.4. The van der Waals surface area contributed by atoms with E-state index in [1.807, 2.05) is 12.1 Å². The number of rotatable bonds is 13. The Morgan fingerprint density at radius 2 is 1.59 bits per heavy atom. The van der Waals surface area contributed by atoms with E-state index < -0.39 is 41.5 Å². The van der Waals surface area contributed by atoms with E-state index in [0.29, 0.717) is 79.3 Å². The Hall–Kier alpha value is -4.88. The third-order valence-electron chi connectivity index (χ3n) is 10.7. The number of hydrogen-bond acceptors (Lipinski definition) is 8. The lowest BCUT2D eigenvalue weighted by Gasteiger charge is -2.38. The number of alkyl halides is 3. The zero-order valence-electron chi connectivity index (χ0n) is 32.1. The first-order chi connectivity index (χ1) is 28.2. The molecule has 2 saturated heterocycles. The van der Waals surface area contributed by atoms with Crippen molar-refractivity contribution in [1.29, 1.82) is 0 Å². The molecule has 316 valence electrons. The van der Waals surface area contributed by atoms with Crippen LogP contribution >= 0.6 is 31.9 Å². The minimum absolute atomic E-state index is 0.0247. The number of halogens is 5. The van der Waals surface area contributed by atoms with E-state index in [-0.39, 0.29) is 48.5 Å². The topological polar surface area (TPSA) is 182 Å². The van der Waals surface area contributed by atoms with E-state index in [9.17, 15) is 37.5 Å². The molecule has 0 aliphatic carbocycles. The third kappa shape index (κ3) is 11.0. The molecule has 6 N–H and O–H groups in total. The molecule has 2 atom stereocenters. The number of phenolic OH excluding ortho intramolecular Hbond substituents is 1. The van der Waals surface area contributed by atoms with Crippen LogP contribution in [-0.4, -0.2) is 105 Å². The van der Waals surface area contributed by atoms with Crippen LogP contribution in [-0.2, 0) is 22.2 Å². The van der Waals surface area contributed by atoms with Crippen molar-refractivity contribution in [2.24, 2.45) is 5.73 Å². The number of hydrogen-bond donors (Lipinski definition) is 5. The van der Waals surface area contributed by atoms with Crippen molar-refractivity contribution in [2.45, 2.75) is 62.8 Å². The molecule has 14 nitrogen and oxygen atoms in total. The van der Waals surface area contributed by atoms with Gasteiger partial charge in [-0.05, 0) is 112 Å². The molecule has 4 aromatic rings. The third-order valence-corrected chi connectivity index (χ3v) is 11.9. The summed E-state index contributed by atoms with van der Waals surface area (Å²) in [6, 6.07) is 8.99. The summed E-state index contributed by atoms with van der Waals surface area (Å²) in [6.07, 6.45) is 2.77. The second kappa shape index (κ2) is 19.5. The average Bonchev–Trinajstić information content (AvgIpc) is 3.63. The molecule has 2 fully saturated rings. The second-order valence-corrected chi connectivity index (χ2v) is 16.4. The molecule has 19 heteroatoms. The minimum Gasteiger partial charge on any atom is -0.506 e. The summed E-state index contributed by atoms with van der Waals surface area (Å²) in [7, 11) is 0. The van der Waals surface area contributed by atoms with Gasteiger partial charge in [-0.15, -0.1) is 0 Å². The van der Waals surface area contributed by atoms with Gasteiger partial charge < -0.3 is 41.2 Å². The molecule has 4 heterocycles. The number of unbranched alkanes of at least 4 members (excludes halogenated alkanes) is 1. The summed E-state index contributed by atoms with van der Waals surface area (Å²) >= 11 is 6.67. The minimum atomic E-state index is -4.54. The Labute approximate surface area is 355 Å². The highest BCUT2D eigenvalue weighted by atomic mass is 79.9. The molecule has 2 aromatic heterocycles. The number of pyridine rings is 1. The van der Waals surface area contributed by atoms with E-state index in [1.54, 1.807) is 29.4 Å². The van der Waals surface area contributed by atoms with Crippen molar-refractivity contribution in [3.8, 4) is 17.0 Å².